The summed E-state index contributed by atoms with van der Waals surface area (Å²) in [6, 6.07) is 3.10. The Morgan fingerprint density at radius 2 is 2.10 bits per heavy atom. The molecule has 114 valence electrons. The van der Waals surface area contributed by atoms with Crippen molar-refractivity contribution in [3.63, 3.8) is 0 Å². The number of nitrogens with one attached hydrogen (secondary N) is 2. The minimum atomic E-state index is -1.12. The van der Waals surface area contributed by atoms with Gasteiger partial charge in [0.1, 0.15) is 0 Å². The Bertz CT molecular complexity index is 544. The van der Waals surface area contributed by atoms with Gasteiger partial charge in [-0.15, -0.1) is 0 Å². The van der Waals surface area contributed by atoms with Gasteiger partial charge < -0.3 is 15.2 Å². The second-order valence-corrected chi connectivity index (χ2v) is 4.95. The van der Waals surface area contributed by atoms with Crippen LogP contribution in [0.2, 0.25) is 10.0 Å². The quantitative estimate of drug-likeness (QED) is 0.415. The zero-order chi connectivity index (χ0) is 15.8. The van der Waals surface area contributed by atoms with E-state index >= 15 is 0 Å². The molecule has 9 heteroatoms. The molecule has 0 saturated heterocycles. The number of carboxylic acids is 1. The number of hydrogen-bond donors (Lipinski definition) is 3. The number of rotatable bonds is 6. The van der Waals surface area contributed by atoms with Crippen LogP contribution in [0.1, 0.15) is 12.5 Å². The third-order valence-electron chi connectivity index (χ3n) is 2.08. The molecule has 1 rings (SSSR count). The summed E-state index contributed by atoms with van der Waals surface area (Å²) in [4.78, 5) is 10.5. The molecule has 0 saturated carbocycles. The van der Waals surface area contributed by atoms with Gasteiger partial charge in [0.2, 0.25) is 0 Å². The monoisotopic (exact) mass is 349 g/mol. The van der Waals surface area contributed by atoms with Crippen molar-refractivity contribution in [1.29, 1.82) is 0 Å². The predicted octanol–water partition coefficient (Wildman–Crippen LogP) is 2.27. The largest absolute Gasteiger partial charge is 0.479 e. The molecule has 6 nitrogen and oxygen atoms in total. The summed E-state index contributed by atoms with van der Waals surface area (Å²) in [6.07, 6.45) is 1.47. The predicted molar refractivity (Wildman–Crippen MR) is 86.6 cm³/mol. The van der Waals surface area contributed by atoms with Crippen LogP contribution >= 0.6 is 35.4 Å². The van der Waals surface area contributed by atoms with Crippen LogP contribution in [-0.2, 0) is 4.79 Å². The van der Waals surface area contributed by atoms with Crippen LogP contribution in [0.3, 0.4) is 0 Å². The van der Waals surface area contributed by atoms with Gasteiger partial charge in [-0.25, -0.2) is 4.79 Å². The van der Waals surface area contributed by atoms with Crippen LogP contribution in [0.25, 0.3) is 0 Å². The molecule has 0 spiro atoms. The second-order valence-electron chi connectivity index (χ2n) is 3.73. The van der Waals surface area contributed by atoms with E-state index in [1.54, 1.807) is 12.1 Å². The van der Waals surface area contributed by atoms with Gasteiger partial charge in [0, 0.05) is 6.54 Å². The van der Waals surface area contributed by atoms with E-state index in [1.165, 1.54) is 6.21 Å². The molecule has 0 aliphatic rings. The number of carboxylic acid groups (broad SMARTS) is 1. The molecular formula is C12H13Cl2N3O3S. The molecule has 0 aromatic heterocycles. The average Bonchev–Trinajstić information content (AvgIpc) is 2.37. The maximum atomic E-state index is 10.5. The van der Waals surface area contributed by atoms with Crippen LogP contribution in [0.5, 0.6) is 5.75 Å². The first-order chi connectivity index (χ1) is 9.93. The number of thiocarbonyl (C=S) groups is 1. The highest BCUT2D eigenvalue weighted by atomic mass is 35.5. The van der Waals surface area contributed by atoms with Crippen molar-refractivity contribution in [2.75, 3.05) is 13.2 Å². The third kappa shape index (κ3) is 6.16. The summed E-state index contributed by atoms with van der Waals surface area (Å²) >= 11 is 16.9. The van der Waals surface area contributed by atoms with Crippen molar-refractivity contribution < 1.29 is 14.6 Å². The van der Waals surface area contributed by atoms with Gasteiger partial charge >= 0.3 is 5.97 Å². The van der Waals surface area contributed by atoms with Crippen LogP contribution in [0, 0.1) is 0 Å². The van der Waals surface area contributed by atoms with E-state index in [4.69, 9.17) is 45.3 Å². The van der Waals surface area contributed by atoms with Gasteiger partial charge in [-0.05, 0) is 36.8 Å². The van der Waals surface area contributed by atoms with Gasteiger partial charge in [-0.1, -0.05) is 23.2 Å². The Morgan fingerprint density at radius 1 is 1.48 bits per heavy atom. The summed E-state index contributed by atoms with van der Waals surface area (Å²) < 4.78 is 5.00. The summed E-state index contributed by atoms with van der Waals surface area (Å²) in [6.45, 7) is 2.08. The van der Waals surface area contributed by atoms with Gasteiger partial charge in [0.15, 0.2) is 17.5 Å². The Balaban J connectivity index is 2.76. The van der Waals surface area contributed by atoms with Crippen LogP contribution in [0.4, 0.5) is 0 Å². The molecule has 0 atom stereocenters. The standard InChI is InChI=1S/C12H13Cl2N3O3S/c1-2-15-12(21)17-16-5-7-3-8(13)11(9(14)4-7)20-6-10(18)19/h3-5H,2,6H2,1H3,(H,18,19)(H2,15,17,21)/b16-5-. The fourth-order valence-corrected chi connectivity index (χ4v) is 2.10. The van der Waals surface area contributed by atoms with Crippen molar-refractivity contribution in [2.45, 2.75) is 6.92 Å². The number of hydrazone groups is 1. The highest BCUT2D eigenvalue weighted by Crippen LogP contribution is 2.33. The summed E-state index contributed by atoms with van der Waals surface area (Å²) in [5, 5.41) is 16.1. The topological polar surface area (TPSA) is 83.0 Å². The number of hydrogen-bond acceptors (Lipinski definition) is 4. The number of ether oxygens (including phenoxy) is 1. The summed E-state index contributed by atoms with van der Waals surface area (Å²) in [7, 11) is 0. The van der Waals surface area contributed by atoms with Crippen LogP contribution in [0.15, 0.2) is 17.2 Å². The average molecular weight is 350 g/mol. The molecule has 0 heterocycles. The lowest BCUT2D eigenvalue weighted by Gasteiger charge is -2.08. The normalized spacial score (nSPS) is 10.4. The minimum Gasteiger partial charge on any atom is -0.479 e. The third-order valence-corrected chi connectivity index (χ3v) is 2.87. The van der Waals surface area contributed by atoms with Crippen molar-refractivity contribution in [3.05, 3.63) is 27.7 Å². The highest BCUT2D eigenvalue weighted by Gasteiger charge is 2.10. The Morgan fingerprint density at radius 3 is 2.62 bits per heavy atom. The Hall–Kier alpha value is -1.57. The van der Waals surface area contributed by atoms with Crippen LogP contribution < -0.4 is 15.5 Å². The zero-order valence-electron chi connectivity index (χ0n) is 11.0. The number of nitrogens with zero attached hydrogens (tertiary/aromatic N) is 1. The van der Waals surface area contributed by atoms with E-state index in [2.05, 4.69) is 15.8 Å². The first kappa shape index (κ1) is 17.5. The fourth-order valence-electron chi connectivity index (χ4n) is 1.29. The molecule has 0 fully saturated rings. The smallest absolute Gasteiger partial charge is 0.341 e. The zero-order valence-corrected chi connectivity index (χ0v) is 13.3. The molecule has 0 aliphatic heterocycles. The van der Waals surface area contributed by atoms with Gasteiger partial charge in [0.05, 0.1) is 16.3 Å². The molecular weight excluding hydrogens is 337 g/mol. The highest BCUT2D eigenvalue weighted by molar-refractivity contribution is 7.80. The Labute approximate surface area is 137 Å². The maximum absolute atomic E-state index is 10.5. The lowest BCUT2D eigenvalue weighted by Crippen LogP contribution is -2.31. The van der Waals surface area contributed by atoms with E-state index in [-0.39, 0.29) is 15.8 Å². The number of aliphatic carboxylic acids is 1. The first-order valence-electron chi connectivity index (χ1n) is 5.84. The molecule has 0 bridgehead atoms. The van der Waals surface area contributed by atoms with Crippen LogP contribution in [-0.4, -0.2) is 35.6 Å². The molecule has 0 amide bonds. The van der Waals surface area contributed by atoms with Crippen molar-refractivity contribution in [3.8, 4) is 5.75 Å². The van der Waals surface area contributed by atoms with Crippen molar-refractivity contribution in [2.24, 2.45) is 5.10 Å². The summed E-state index contributed by atoms with van der Waals surface area (Å²) in [5.74, 6) is -0.997. The van der Waals surface area contributed by atoms with Gasteiger partial charge in [-0.3, -0.25) is 5.43 Å². The SMILES string of the molecule is CCNC(=S)N/N=C\c1cc(Cl)c(OCC(=O)O)c(Cl)c1. The van der Waals surface area contributed by atoms with Gasteiger partial charge in [-0.2, -0.15) is 5.10 Å². The first-order valence-corrected chi connectivity index (χ1v) is 7.01. The molecule has 3 N–H and O–H groups in total. The van der Waals surface area contributed by atoms with E-state index in [0.29, 0.717) is 17.2 Å². The molecule has 1 aromatic carbocycles. The van der Waals surface area contributed by atoms with E-state index in [9.17, 15) is 4.79 Å². The molecule has 0 unspecified atom stereocenters. The lowest BCUT2D eigenvalue weighted by atomic mass is 10.2. The minimum absolute atomic E-state index is 0.119. The van der Waals surface area contributed by atoms with E-state index < -0.39 is 12.6 Å². The van der Waals surface area contributed by atoms with E-state index in [0.717, 1.165) is 0 Å². The maximum Gasteiger partial charge on any atom is 0.341 e. The fraction of sp³-hybridized carbons (Fsp3) is 0.250. The molecule has 1 aromatic rings. The summed E-state index contributed by atoms with van der Waals surface area (Å²) in [5.41, 5.74) is 3.23. The number of carbonyl (C=O) groups is 1. The lowest BCUT2D eigenvalue weighted by molar-refractivity contribution is -0.139. The number of halogens is 2. The molecule has 0 radical (unpaired) electrons. The molecule has 0 aliphatic carbocycles. The molecule has 21 heavy (non-hydrogen) atoms. The van der Waals surface area contributed by atoms with Crippen molar-refractivity contribution >= 4 is 52.7 Å². The van der Waals surface area contributed by atoms with E-state index in [1.807, 2.05) is 6.92 Å². The second kappa shape index (κ2) is 8.66. The van der Waals surface area contributed by atoms with Crippen molar-refractivity contribution in [1.82, 2.24) is 10.7 Å². The Kier molecular flexibility index (Phi) is 7.21. The number of benzene rings is 1. The van der Waals surface area contributed by atoms with Gasteiger partial charge in [0.25, 0.3) is 0 Å².